The number of carbonyl (C=O) groups excluding carboxylic acids is 1. The number of amides is 1. The monoisotopic (exact) mass is 383 g/mol. The van der Waals surface area contributed by atoms with Gasteiger partial charge in [0.2, 0.25) is 5.91 Å². The van der Waals surface area contributed by atoms with Crippen LogP contribution in [0.1, 0.15) is 24.8 Å². The van der Waals surface area contributed by atoms with Crippen LogP contribution in [0.15, 0.2) is 48.5 Å². The van der Waals surface area contributed by atoms with Gasteiger partial charge in [0, 0.05) is 3.57 Å². The van der Waals surface area contributed by atoms with Gasteiger partial charge < -0.3 is 5.32 Å². The van der Waals surface area contributed by atoms with Gasteiger partial charge in [-0.15, -0.1) is 0 Å². The Morgan fingerprint density at radius 1 is 1.25 bits per heavy atom. The minimum atomic E-state index is -0.303. The van der Waals surface area contributed by atoms with Gasteiger partial charge in [-0.3, -0.25) is 4.79 Å². The number of carbonyl (C=O) groups is 1. The summed E-state index contributed by atoms with van der Waals surface area (Å²) in [5.74, 6) is -0.567. The van der Waals surface area contributed by atoms with Crippen LogP contribution in [0.2, 0.25) is 0 Å². The molecular weight excluding hydrogens is 368 g/mol. The van der Waals surface area contributed by atoms with Crippen LogP contribution in [0.4, 0.5) is 10.1 Å². The van der Waals surface area contributed by atoms with Crippen molar-refractivity contribution in [3.05, 3.63) is 63.5 Å². The lowest BCUT2D eigenvalue weighted by molar-refractivity contribution is -0.117. The fourth-order valence-corrected chi connectivity index (χ4v) is 2.68. The molecule has 20 heavy (non-hydrogen) atoms. The number of hydrogen-bond donors (Lipinski definition) is 1. The molecule has 4 heteroatoms. The van der Waals surface area contributed by atoms with Gasteiger partial charge in [-0.1, -0.05) is 37.3 Å². The molecule has 0 aromatic heterocycles. The number of anilines is 1. The first-order valence-electron chi connectivity index (χ1n) is 6.42. The van der Waals surface area contributed by atoms with Crippen molar-refractivity contribution in [3.63, 3.8) is 0 Å². The first kappa shape index (κ1) is 15.0. The average Bonchev–Trinajstić information content (AvgIpc) is 2.44. The van der Waals surface area contributed by atoms with E-state index >= 15 is 0 Å². The third-order valence-electron chi connectivity index (χ3n) is 3.12. The lowest BCUT2D eigenvalue weighted by Crippen LogP contribution is -2.21. The second-order valence-corrected chi connectivity index (χ2v) is 5.65. The summed E-state index contributed by atoms with van der Waals surface area (Å²) in [6.45, 7) is 1.98. The van der Waals surface area contributed by atoms with Crippen LogP contribution in [0, 0.1) is 9.39 Å². The fourth-order valence-electron chi connectivity index (χ4n) is 2.07. The van der Waals surface area contributed by atoms with Crippen molar-refractivity contribution in [2.75, 3.05) is 5.32 Å². The second-order valence-electron chi connectivity index (χ2n) is 4.48. The molecule has 0 aliphatic heterocycles. The molecule has 0 aliphatic rings. The predicted molar refractivity (Wildman–Crippen MR) is 87.2 cm³/mol. The van der Waals surface area contributed by atoms with Crippen molar-refractivity contribution in [2.24, 2.45) is 0 Å². The molecule has 0 fully saturated rings. The van der Waals surface area contributed by atoms with E-state index in [4.69, 9.17) is 0 Å². The molecule has 2 aromatic carbocycles. The summed E-state index contributed by atoms with van der Waals surface area (Å²) >= 11 is 2.01. The molecule has 104 valence electrons. The maximum atomic E-state index is 13.1. The van der Waals surface area contributed by atoms with Crippen LogP contribution in [-0.4, -0.2) is 5.91 Å². The highest BCUT2D eigenvalue weighted by atomic mass is 127. The average molecular weight is 383 g/mol. The summed E-state index contributed by atoms with van der Waals surface area (Å²) in [6.07, 6.45) is 0.716. The van der Waals surface area contributed by atoms with Crippen molar-refractivity contribution in [2.45, 2.75) is 19.3 Å². The van der Waals surface area contributed by atoms with Gasteiger partial charge in [0.15, 0.2) is 0 Å². The summed E-state index contributed by atoms with van der Waals surface area (Å²) < 4.78 is 13.8. The van der Waals surface area contributed by atoms with Crippen molar-refractivity contribution >= 4 is 34.2 Å². The highest BCUT2D eigenvalue weighted by Crippen LogP contribution is 2.24. The maximum absolute atomic E-state index is 13.1. The molecule has 0 radical (unpaired) electrons. The molecule has 0 heterocycles. The SMILES string of the molecule is CCC(C(=O)Nc1ccc(F)cc1I)c1ccccc1. The fraction of sp³-hybridized carbons (Fsp3) is 0.188. The van der Waals surface area contributed by atoms with Crippen molar-refractivity contribution in [1.82, 2.24) is 0 Å². The molecule has 2 aromatic rings. The van der Waals surface area contributed by atoms with Gasteiger partial charge in [-0.25, -0.2) is 4.39 Å². The lowest BCUT2D eigenvalue weighted by Gasteiger charge is -2.16. The first-order chi connectivity index (χ1) is 9.61. The van der Waals surface area contributed by atoms with E-state index in [1.54, 1.807) is 6.07 Å². The van der Waals surface area contributed by atoms with Crippen LogP contribution < -0.4 is 5.32 Å². The van der Waals surface area contributed by atoms with E-state index in [9.17, 15) is 9.18 Å². The smallest absolute Gasteiger partial charge is 0.231 e. The van der Waals surface area contributed by atoms with Gasteiger partial charge in [-0.05, 0) is 52.8 Å². The van der Waals surface area contributed by atoms with Crippen molar-refractivity contribution in [3.8, 4) is 0 Å². The molecule has 0 spiro atoms. The largest absolute Gasteiger partial charge is 0.325 e. The maximum Gasteiger partial charge on any atom is 0.231 e. The topological polar surface area (TPSA) is 29.1 Å². The predicted octanol–water partition coefficient (Wildman–Crippen LogP) is 4.56. The molecular formula is C16H15FINO. The number of halogens is 2. The van der Waals surface area contributed by atoms with E-state index in [1.165, 1.54) is 12.1 Å². The van der Waals surface area contributed by atoms with E-state index in [1.807, 2.05) is 59.8 Å². The Kier molecular flexibility index (Phi) is 5.11. The lowest BCUT2D eigenvalue weighted by atomic mass is 9.95. The quantitative estimate of drug-likeness (QED) is 0.771. The van der Waals surface area contributed by atoms with Gasteiger partial charge in [-0.2, -0.15) is 0 Å². The van der Waals surface area contributed by atoms with Crippen LogP contribution >= 0.6 is 22.6 Å². The Morgan fingerprint density at radius 3 is 2.55 bits per heavy atom. The van der Waals surface area contributed by atoms with E-state index in [0.29, 0.717) is 15.7 Å². The van der Waals surface area contributed by atoms with Gasteiger partial charge in [0.25, 0.3) is 0 Å². The Hall–Kier alpha value is -1.43. The number of nitrogens with one attached hydrogen (secondary N) is 1. The summed E-state index contributed by atoms with van der Waals surface area (Å²) in [5, 5.41) is 2.87. The third-order valence-corrected chi connectivity index (χ3v) is 4.01. The van der Waals surface area contributed by atoms with Gasteiger partial charge in [0.05, 0.1) is 11.6 Å². The van der Waals surface area contributed by atoms with Crippen LogP contribution in [0.25, 0.3) is 0 Å². The highest BCUT2D eigenvalue weighted by molar-refractivity contribution is 14.1. The summed E-state index contributed by atoms with van der Waals surface area (Å²) in [5.41, 5.74) is 1.64. The van der Waals surface area contributed by atoms with E-state index < -0.39 is 0 Å². The molecule has 0 bridgehead atoms. The molecule has 2 rings (SSSR count). The van der Waals surface area contributed by atoms with Crippen LogP contribution in [0.5, 0.6) is 0 Å². The number of rotatable bonds is 4. The molecule has 1 unspecified atom stereocenters. The summed E-state index contributed by atoms with van der Waals surface area (Å²) in [6, 6.07) is 14.0. The minimum absolute atomic E-state index is 0.0665. The molecule has 1 atom stereocenters. The number of hydrogen-bond acceptors (Lipinski definition) is 1. The summed E-state index contributed by atoms with van der Waals surface area (Å²) in [7, 11) is 0. The Morgan fingerprint density at radius 2 is 1.95 bits per heavy atom. The molecule has 0 saturated heterocycles. The van der Waals surface area contributed by atoms with Gasteiger partial charge in [0.1, 0.15) is 5.82 Å². The van der Waals surface area contributed by atoms with Gasteiger partial charge >= 0.3 is 0 Å². The molecule has 0 saturated carbocycles. The molecule has 0 aliphatic carbocycles. The van der Waals surface area contributed by atoms with E-state index in [2.05, 4.69) is 5.32 Å². The zero-order valence-corrected chi connectivity index (χ0v) is 13.2. The Bertz CT molecular complexity index is 601. The summed E-state index contributed by atoms with van der Waals surface area (Å²) in [4.78, 5) is 12.4. The van der Waals surface area contributed by atoms with Crippen LogP contribution in [-0.2, 0) is 4.79 Å². The Balaban J connectivity index is 2.18. The Labute approximate surface area is 131 Å². The zero-order chi connectivity index (χ0) is 14.5. The molecule has 1 amide bonds. The van der Waals surface area contributed by atoms with Crippen molar-refractivity contribution < 1.29 is 9.18 Å². The molecule has 2 nitrogen and oxygen atoms in total. The van der Waals surface area contributed by atoms with Crippen LogP contribution in [0.3, 0.4) is 0 Å². The standard InChI is InChI=1S/C16H15FINO/c1-2-13(11-6-4-3-5-7-11)16(20)19-15-9-8-12(17)10-14(15)18/h3-10,13H,2H2,1H3,(H,19,20). The van der Waals surface area contributed by atoms with E-state index in [-0.39, 0.29) is 17.6 Å². The zero-order valence-electron chi connectivity index (χ0n) is 11.1. The first-order valence-corrected chi connectivity index (χ1v) is 7.50. The number of benzene rings is 2. The van der Waals surface area contributed by atoms with E-state index in [0.717, 1.165) is 5.56 Å². The highest BCUT2D eigenvalue weighted by Gasteiger charge is 2.19. The second kappa shape index (κ2) is 6.83. The van der Waals surface area contributed by atoms with Crippen molar-refractivity contribution in [1.29, 1.82) is 0 Å². The molecule has 1 N–H and O–H groups in total. The normalized spacial score (nSPS) is 11.9. The minimum Gasteiger partial charge on any atom is -0.325 e. The third kappa shape index (κ3) is 3.56.